The molecule has 1 aromatic carbocycles. The van der Waals surface area contributed by atoms with E-state index in [0.29, 0.717) is 21.8 Å². The SMILES string of the molecule is COc1cc(Cl)c(C)c2cc(C(C)C)c(Cl)nc12. The Bertz CT molecular complexity index is 609. The molecule has 0 N–H and O–H groups in total. The van der Waals surface area contributed by atoms with Gasteiger partial charge in [-0.3, -0.25) is 0 Å². The summed E-state index contributed by atoms with van der Waals surface area (Å²) in [5, 5.41) is 2.20. The molecule has 0 saturated carbocycles. The van der Waals surface area contributed by atoms with Gasteiger partial charge in [-0.15, -0.1) is 0 Å². The van der Waals surface area contributed by atoms with Crippen molar-refractivity contribution >= 4 is 34.1 Å². The Kier molecular flexibility index (Phi) is 3.69. The molecule has 2 aromatic rings. The van der Waals surface area contributed by atoms with Crippen LogP contribution in [0, 0.1) is 6.92 Å². The summed E-state index contributed by atoms with van der Waals surface area (Å²) < 4.78 is 5.31. The maximum atomic E-state index is 6.22. The second kappa shape index (κ2) is 4.94. The highest BCUT2D eigenvalue weighted by Gasteiger charge is 2.14. The van der Waals surface area contributed by atoms with Crippen LogP contribution in [0.25, 0.3) is 10.9 Å². The summed E-state index contributed by atoms with van der Waals surface area (Å²) in [5.74, 6) is 0.969. The average Bonchev–Trinajstić information content (AvgIpc) is 2.32. The molecular weight excluding hydrogens is 269 g/mol. The molecule has 0 unspecified atom stereocenters. The molecule has 0 aliphatic heterocycles. The number of methoxy groups -OCH3 is 1. The molecule has 4 heteroatoms. The molecule has 0 atom stereocenters. The van der Waals surface area contributed by atoms with Gasteiger partial charge in [0.2, 0.25) is 0 Å². The minimum atomic E-state index is 0.318. The highest BCUT2D eigenvalue weighted by Crippen LogP contribution is 2.36. The van der Waals surface area contributed by atoms with Crippen molar-refractivity contribution in [1.82, 2.24) is 4.98 Å². The number of hydrogen-bond acceptors (Lipinski definition) is 2. The van der Waals surface area contributed by atoms with Gasteiger partial charge in [0.1, 0.15) is 16.4 Å². The second-order valence-electron chi connectivity index (χ2n) is 4.60. The number of aromatic nitrogens is 1. The molecule has 0 radical (unpaired) electrons. The van der Waals surface area contributed by atoms with Crippen molar-refractivity contribution in [1.29, 1.82) is 0 Å². The normalized spacial score (nSPS) is 11.3. The number of halogens is 2. The predicted molar refractivity (Wildman–Crippen MR) is 77.1 cm³/mol. The monoisotopic (exact) mass is 283 g/mol. The number of hydrogen-bond donors (Lipinski definition) is 0. The summed E-state index contributed by atoms with van der Waals surface area (Å²) in [6, 6.07) is 3.83. The van der Waals surface area contributed by atoms with Crippen molar-refractivity contribution in [2.45, 2.75) is 26.7 Å². The van der Waals surface area contributed by atoms with Crippen LogP contribution < -0.4 is 4.74 Å². The Morgan fingerprint density at radius 2 is 1.89 bits per heavy atom. The minimum absolute atomic E-state index is 0.318. The Morgan fingerprint density at radius 3 is 2.44 bits per heavy atom. The first-order chi connectivity index (χ1) is 8.45. The van der Waals surface area contributed by atoms with Gasteiger partial charge in [0.05, 0.1) is 7.11 Å². The fraction of sp³-hybridized carbons (Fsp3) is 0.357. The zero-order valence-corrected chi connectivity index (χ0v) is 12.4. The number of pyridine rings is 1. The molecule has 18 heavy (non-hydrogen) atoms. The standard InChI is InChI=1S/C14H15Cl2NO/c1-7(2)9-5-10-8(3)11(15)6-12(18-4)13(10)17-14(9)16/h5-7H,1-4H3. The van der Waals surface area contributed by atoms with E-state index in [1.54, 1.807) is 13.2 Å². The Balaban J connectivity index is 2.87. The molecule has 0 amide bonds. The van der Waals surface area contributed by atoms with Crippen molar-refractivity contribution in [2.24, 2.45) is 0 Å². The van der Waals surface area contributed by atoms with Crippen LogP contribution in [0.2, 0.25) is 10.2 Å². The Labute approximate surface area is 117 Å². The second-order valence-corrected chi connectivity index (χ2v) is 5.37. The number of fused-ring (bicyclic) bond motifs is 1. The van der Waals surface area contributed by atoms with E-state index in [4.69, 9.17) is 27.9 Å². The summed E-state index contributed by atoms with van der Waals surface area (Å²) in [4.78, 5) is 4.45. The molecule has 0 aliphatic carbocycles. The van der Waals surface area contributed by atoms with Crippen molar-refractivity contribution in [3.05, 3.63) is 33.4 Å². The van der Waals surface area contributed by atoms with Gasteiger partial charge in [0.25, 0.3) is 0 Å². The largest absolute Gasteiger partial charge is 0.494 e. The molecular formula is C14H15Cl2NO. The molecule has 0 spiro atoms. The topological polar surface area (TPSA) is 22.1 Å². The fourth-order valence-electron chi connectivity index (χ4n) is 1.96. The zero-order valence-electron chi connectivity index (χ0n) is 10.8. The third kappa shape index (κ3) is 2.15. The summed E-state index contributed by atoms with van der Waals surface area (Å²) >= 11 is 12.4. The summed E-state index contributed by atoms with van der Waals surface area (Å²) in [5.41, 5.74) is 2.78. The lowest BCUT2D eigenvalue weighted by molar-refractivity contribution is 0.419. The number of nitrogens with zero attached hydrogens (tertiary/aromatic N) is 1. The van der Waals surface area contributed by atoms with E-state index in [1.807, 2.05) is 6.92 Å². The quantitative estimate of drug-likeness (QED) is 0.725. The van der Waals surface area contributed by atoms with E-state index < -0.39 is 0 Å². The molecule has 0 aliphatic rings. The van der Waals surface area contributed by atoms with E-state index >= 15 is 0 Å². The highest BCUT2D eigenvalue weighted by atomic mass is 35.5. The van der Waals surface area contributed by atoms with Crippen LogP contribution in [-0.4, -0.2) is 12.1 Å². The Hall–Kier alpha value is -0.990. The van der Waals surface area contributed by atoms with Gasteiger partial charge in [0, 0.05) is 16.5 Å². The highest BCUT2D eigenvalue weighted by molar-refractivity contribution is 6.33. The van der Waals surface area contributed by atoms with Crippen LogP contribution in [0.1, 0.15) is 30.9 Å². The molecule has 1 heterocycles. The lowest BCUT2D eigenvalue weighted by atomic mass is 10.0. The van der Waals surface area contributed by atoms with Crippen molar-refractivity contribution in [3.63, 3.8) is 0 Å². The first-order valence-electron chi connectivity index (χ1n) is 5.79. The zero-order chi connectivity index (χ0) is 13.4. The summed E-state index contributed by atoms with van der Waals surface area (Å²) in [6.45, 7) is 6.15. The van der Waals surface area contributed by atoms with E-state index in [0.717, 1.165) is 22.0 Å². The van der Waals surface area contributed by atoms with Gasteiger partial charge in [-0.2, -0.15) is 0 Å². The maximum absolute atomic E-state index is 6.22. The summed E-state index contributed by atoms with van der Waals surface area (Å²) in [7, 11) is 1.60. The van der Waals surface area contributed by atoms with Gasteiger partial charge in [-0.1, -0.05) is 37.0 Å². The van der Waals surface area contributed by atoms with E-state index in [1.165, 1.54) is 0 Å². The number of ether oxygens (including phenoxy) is 1. The number of benzene rings is 1. The van der Waals surface area contributed by atoms with E-state index in [9.17, 15) is 0 Å². The Morgan fingerprint density at radius 1 is 1.22 bits per heavy atom. The van der Waals surface area contributed by atoms with Crippen molar-refractivity contribution in [2.75, 3.05) is 7.11 Å². The minimum Gasteiger partial charge on any atom is -0.494 e. The summed E-state index contributed by atoms with van der Waals surface area (Å²) in [6.07, 6.45) is 0. The van der Waals surface area contributed by atoms with E-state index in [-0.39, 0.29) is 0 Å². The van der Waals surface area contributed by atoms with Gasteiger partial charge < -0.3 is 4.74 Å². The predicted octanol–water partition coefficient (Wildman–Crippen LogP) is 4.98. The maximum Gasteiger partial charge on any atom is 0.146 e. The average molecular weight is 284 g/mol. The first kappa shape index (κ1) is 13.4. The number of aryl methyl sites for hydroxylation is 1. The fourth-order valence-corrected chi connectivity index (χ4v) is 2.52. The van der Waals surface area contributed by atoms with Gasteiger partial charge in [0.15, 0.2) is 0 Å². The van der Waals surface area contributed by atoms with E-state index in [2.05, 4.69) is 24.9 Å². The molecule has 2 rings (SSSR count). The van der Waals surface area contributed by atoms with Gasteiger partial charge in [-0.25, -0.2) is 4.98 Å². The molecule has 96 valence electrons. The van der Waals surface area contributed by atoms with Crippen molar-refractivity contribution < 1.29 is 4.74 Å². The molecule has 0 fully saturated rings. The van der Waals surface area contributed by atoms with Gasteiger partial charge in [-0.05, 0) is 30.0 Å². The lowest BCUT2D eigenvalue weighted by Crippen LogP contribution is -1.96. The van der Waals surface area contributed by atoms with Gasteiger partial charge >= 0.3 is 0 Å². The lowest BCUT2D eigenvalue weighted by Gasteiger charge is -2.13. The molecule has 1 aromatic heterocycles. The van der Waals surface area contributed by atoms with Crippen LogP contribution in [0.15, 0.2) is 12.1 Å². The van der Waals surface area contributed by atoms with Crippen LogP contribution in [-0.2, 0) is 0 Å². The first-order valence-corrected chi connectivity index (χ1v) is 6.54. The van der Waals surface area contributed by atoms with Crippen LogP contribution in [0.3, 0.4) is 0 Å². The third-order valence-corrected chi connectivity index (χ3v) is 3.79. The molecule has 0 bridgehead atoms. The molecule has 2 nitrogen and oxygen atoms in total. The van der Waals surface area contributed by atoms with Crippen LogP contribution in [0.5, 0.6) is 5.75 Å². The number of rotatable bonds is 2. The van der Waals surface area contributed by atoms with Crippen LogP contribution >= 0.6 is 23.2 Å². The smallest absolute Gasteiger partial charge is 0.146 e. The third-order valence-electron chi connectivity index (χ3n) is 3.10. The van der Waals surface area contributed by atoms with Crippen LogP contribution in [0.4, 0.5) is 0 Å². The molecule has 0 saturated heterocycles. The van der Waals surface area contributed by atoms with Crippen molar-refractivity contribution in [3.8, 4) is 5.75 Å².